The van der Waals surface area contributed by atoms with Gasteiger partial charge in [0.25, 0.3) is 0 Å². The number of nitrogen functional groups attached to an aromatic ring is 1. The van der Waals surface area contributed by atoms with Gasteiger partial charge in [-0.15, -0.1) is 0 Å². The average molecular weight is 195 g/mol. The Morgan fingerprint density at radius 2 is 2.36 bits per heavy atom. The second-order valence-electron chi connectivity index (χ2n) is 3.68. The third-order valence-electron chi connectivity index (χ3n) is 2.58. The minimum Gasteiger partial charge on any atom is -0.398 e. The molecule has 0 radical (unpaired) electrons. The molecule has 0 aromatic heterocycles. The quantitative estimate of drug-likeness (QED) is 0.734. The van der Waals surface area contributed by atoms with Crippen LogP contribution in [0.3, 0.4) is 0 Å². The molecule has 1 aromatic rings. The van der Waals surface area contributed by atoms with Crippen molar-refractivity contribution in [2.75, 3.05) is 12.3 Å². The van der Waals surface area contributed by atoms with Crippen LogP contribution in [0.1, 0.15) is 18.4 Å². The van der Waals surface area contributed by atoms with Crippen LogP contribution in [-0.4, -0.2) is 12.7 Å². The highest BCUT2D eigenvalue weighted by Gasteiger charge is 2.16. The summed E-state index contributed by atoms with van der Waals surface area (Å²) in [5.74, 6) is -0.279. The van der Waals surface area contributed by atoms with Crippen molar-refractivity contribution < 1.29 is 9.13 Å². The van der Waals surface area contributed by atoms with Crippen molar-refractivity contribution in [3.8, 4) is 0 Å². The zero-order valence-electron chi connectivity index (χ0n) is 8.00. The van der Waals surface area contributed by atoms with E-state index in [2.05, 4.69) is 0 Å². The van der Waals surface area contributed by atoms with Crippen molar-refractivity contribution >= 4 is 5.69 Å². The lowest BCUT2D eigenvalue weighted by molar-refractivity contribution is 0.111. The Kier molecular flexibility index (Phi) is 2.68. The molecule has 1 heterocycles. The molecule has 14 heavy (non-hydrogen) atoms. The standard InChI is InChI=1S/C11H14FNO/c12-9-4-3-8(11(13)7-9)6-10-2-1-5-14-10/h3-4,7,10H,1-2,5-6,13H2. The SMILES string of the molecule is Nc1cc(F)ccc1CC1CCCO1. The van der Waals surface area contributed by atoms with Crippen LogP contribution in [0.15, 0.2) is 18.2 Å². The van der Waals surface area contributed by atoms with Gasteiger partial charge in [-0.05, 0) is 30.5 Å². The summed E-state index contributed by atoms with van der Waals surface area (Å²) in [4.78, 5) is 0. The van der Waals surface area contributed by atoms with Crippen molar-refractivity contribution in [3.63, 3.8) is 0 Å². The molecule has 1 saturated heterocycles. The van der Waals surface area contributed by atoms with Crippen LogP contribution in [0.5, 0.6) is 0 Å². The van der Waals surface area contributed by atoms with E-state index in [-0.39, 0.29) is 11.9 Å². The molecule has 1 atom stereocenters. The molecule has 0 bridgehead atoms. The van der Waals surface area contributed by atoms with Crippen molar-refractivity contribution in [1.29, 1.82) is 0 Å². The first kappa shape index (κ1) is 9.46. The molecule has 2 nitrogen and oxygen atoms in total. The monoisotopic (exact) mass is 195 g/mol. The van der Waals surface area contributed by atoms with E-state index < -0.39 is 0 Å². The van der Waals surface area contributed by atoms with Crippen LogP contribution in [0.4, 0.5) is 10.1 Å². The fraction of sp³-hybridized carbons (Fsp3) is 0.455. The Morgan fingerprint density at radius 1 is 1.50 bits per heavy atom. The Labute approximate surface area is 82.9 Å². The molecular weight excluding hydrogens is 181 g/mol. The van der Waals surface area contributed by atoms with Gasteiger partial charge in [0.2, 0.25) is 0 Å². The third-order valence-corrected chi connectivity index (χ3v) is 2.58. The third kappa shape index (κ3) is 2.04. The second-order valence-corrected chi connectivity index (χ2v) is 3.68. The first-order chi connectivity index (χ1) is 6.75. The summed E-state index contributed by atoms with van der Waals surface area (Å²) in [6.45, 7) is 0.839. The molecule has 0 spiro atoms. The number of anilines is 1. The van der Waals surface area contributed by atoms with E-state index in [1.54, 1.807) is 6.07 Å². The van der Waals surface area contributed by atoms with Crippen molar-refractivity contribution in [2.24, 2.45) is 0 Å². The molecule has 0 saturated carbocycles. The lowest BCUT2D eigenvalue weighted by atomic mass is 10.0. The zero-order chi connectivity index (χ0) is 9.97. The van der Waals surface area contributed by atoms with Gasteiger partial charge < -0.3 is 10.5 Å². The molecule has 3 heteroatoms. The van der Waals surface area contributed by atoms with Gasteiger partial charge in [-0.1, -0.05) is 6.07 Å². The van der Waals surface area contributed by atoms with E-state index >= 15 is 0 Å². The van der Waals surface area contributed by atoms with E-state index in [9.17, 15) is 4.39 Å². The number of nitrogens with two attached hydrogens (primary N) is 1. The maximum absolute atomic E-state index is 12.7. The molecule has 2 rings (SSSR count). The summed E-state index contributed by atoms with van der Waals surface area (Å²) < 4.78 is 18.2. The lowest BCUT2D eigenvalue weighted by Gasteiger charge is -2.11. The highest BCUT2D eigenvalue weighted by molar-refractivity contribution is 5.47. The smallest absolute Gasteiger partial charge is 0.125 e. The van der Waals surface area contributed by atoms with E-state index in [4.69, 9.17) is 10.5 Å². The van der Waals surface area contributed by atoms with E-state index in [0.29, 0.717) is 5.69 Å². The van der Waals surface area contributed by atoms with E-state index in [1.165, 1.54) is 12.1 Å². The van der Waals surface area contributed by atoms with Crippen LogP contribution < -0.4 is 5.73 Å². The number of hydrogen-bond acceptors (Lipinski definition) is 2. The van der Waals surface area contributed by atoms with Crippen LogP contribution in [-0.2, 0) is 11.2 Å². The lowest BCUT2D eigenvalue weighted by Crippen LogP contribution is -2.10. The van der Waals surface area contributed by atoms with Gasteiger partial charge in [-0.2, -0.15) is 0 Å². The minimum absolute atomic E-state index is 0.266. The fourth-order valence-corrected chi connectivity index (χ4v) is 1.80. The second kappa shape index (κ2) is 3.96. The molecule has 1 unspecified atom stereocenters. The van der Waals surface area contributed by atoms with Crippen LogP contribution >= 0.6 is 0 Å². The predicted molar refractivity (Wildman–Crippen MR) is 53.5 cm³/mol. The summed E-state index contributed by atoms with van der Waals surface area (Å²) in [7, 11) is 0. The van der Waals surface area contributed by atoms with E-state index in [0.717, 1.165) is 31.4 Å². The predicted octanol–water partition coefficient (Wildman–Crippen LogP) is 2.13. The number of halogens is 1. The van der Waals surface area contributed by atoms with Gasteiger partial charge >= 0.3 is 0 Å². The molecule has 1 aliphatic rings. The molecule has 76 valence electrons. The molecule has 1 fully saturated rings. The van der Waals surface area contributed by atoms with Gasteiger partial charge in [-0.25, -0.2) is 4.39 Å². The van der Waals surface area contributed by atoms with Crippen LogP contribution in [0.2, 0.25) is 0 Å². The van der Waals surface area contributed by atoms with Crippen LogP contribution in [0.25, 0.3) is 0 Å². The highest BCUT2D eigenvalue weighted by Crippen LogP contribution is 2.21. The first-order valence-electron chi connectivity index (χ1n) is 4.91. The van der Waals surface area contributed by atoms with Gasteiger partial charge in [0.15, 0.2) is 0 Å². The number of benzene rings is 1. The molecule has 2 N–H and O–H groups in total. The summed E-state index contributed by atoms with van der Waals surface area (Å²) in [5, 5.41) is 0. The minimum atomic E-state index is -0.279. The average Bonchev–Trinajstić information content (AvgIpc) is 2.62. The number of hydrogen-bond donors (Lipinski definition) is 1. The van der Waals surface area contributed by atoms with E-state index in [1.807, 2.05) is 0 Å². The maximum atomic E-state index is 12.7. The molecule has 0 aliphatic carbocycles. The number of ether oxygens (including phenoxy) is 1. The molecular formula is C11H14FNO. The summed E-state index contributed by atoms with van der Waals surface area (Å²) >= 11 is 0. The Balaban J connectivity index is 2.08. The Bertz CT molecular complexity index is 321. The maximum Gasteiger partial charge on any atom is 0.125 e. The first-order valence-corrected chi connectivity index (χ1v) is 4.91. The topological polar surface area (TPSA) is 35.2 Å². The number of rotatable bonds is 2. The van der Waals surface area contributed by atoms with Crippen molar-refractivity contribution in [1.82, 2.24) is 0 Å². The molecule has 1 aromatic carbocycles. The molecule has 1 aliphatic heterocycles. The highest BCUT2D eigenvalue weighted by atomic mass is 19.1. The van der Waals surface area contributed by atoms with Gasteiger partial charge in [-0.3, -0.25) is 0 Å². The normalized spacial score (nSPS) is 21.4. The van der Waals surface area contributed by atoms with Crippen molar-refractivity contribution in [2.45, 2.75) is 25.4 Å². The fourth-order valence-electron chi connectivity index (χ4n) is 1.80. The van der Waals surface area contributed by atoms with Crippen LogP contribution in [0, 0.1) is 5.82 Å². The Morgan fingerprint density at radius 3 is 3.00 bits per heavy atom. The van der Waals surface area contributed by atoms with Crippen molar-refractivity contribution in [3.05, 3.63) is 29.6 Å². The largest absolute Gasteiger partial charge is 0.398 e. The Hall–Kier alpha value is -1.09. The van der Waals surface area contributed by atoms with Gasteiger partial charge in [0.1, 0.15) is 5.82 Å². The van der Waals surface area contributed by atoms with Gasteiger partial charge in [0, 0.05) is 18.7 Å². The van der Waals surface area contributed by atoms with Gasteiger partial charge in [0.05, 0.1) is 6.10 Å². The molecule has 0 amide bonds. The summed E-state index contributed by atoms with van der Waals surface area (Å²) in [6, 6.07) is 4.55. The summed E-state index contributed by atoms with van der Waals surface area (Å²) in [6.07, 6.45) is 3.26. The summed E-state index contributed by atoms with van der Waals surface area (Å²) in [5.41, 5.74) is 7.22. The zero-order valence-corrected chi connectivity index (χ0v) is 8.00.